The minimum atomic E-state index is -0.593. The number of halogens is 1. The van der Waals surface area contributed by atoms with Crippen molar-refractivity contribution < 1.29 is 14.4 Å². The summed E-state index contributed by atoms with van der Waals surface area (Å²) in [5.41, 5.74) is 4.53. The number of aryl methyl sites for hydroxylation is 3. The smallest absolute Gasteiger partial charge is 0.231 e. The number of unbranched alkanes of at least 4 members (excludes halogenated alkanes) is 4. The minimum Gasteiger partial charge on any atom is -0.326 e. The fraction of sp³-hybridized carbons (Fsp3) is 0.545. The maximum atomic E-state index is 12.7. The molecule has 0 aliphatic heterocycles. The fourth-order valence-corrected chi connectivity index (χ4v) is 4.59. The highest BCUT2D eigenvalue weighted by molar-refractivity contribution is 6.34. The largest absolute Gasteiger partial charge is 0.326 e. The van der Waals surface area contributed by atoms with Crippen molar-refractivity contribution in [3.05, 3.63) is 58.1 Å². The van der Waals surface area contributed by atoms with Crippen molar-refractivity contribution in [2.24, 2.45) is 5.41 Å². The van der Waals surface area contributed by atoms with Crippen molar-refractivity contribution in [2.75, 3.05) is 10.6 Å². The van der Waals surface area contributed by atoms with E-state index < -0.39 is 11.3 Å². The second-order valence-corrected chi connectivity index (χ2v) is 11.9. The molecule has 2 N–H and O–H groups in total. The van der Waals surface area contributed by atoms with Gasteiger partial charge in [0, 0.05) is 17.5 Å². The lowest BCUT2D eigenvalue weighted by Gasteiger charge is -2.16. The van der Waals surface area contributed by atoms with Gasteiger partial charge in [0.1, 0.15) is 5.78 Å². The average Bonchev–Trinajstić information content (AvgIpc) is 2.87. The Hall–Kier alpha value is -2.66. The van der Waals surface area contributed by atoms with Crippen LogP contribution in [0.2, 0.25) is 5.02 Å². The highest BCUT2D eigenvalue weighted by atomic mass is 35.5. The molecule has 214 valence electrons. The predicted octanol–water partition coefficient (Wildman–Crippen LogP) is 8.71. The zero-order valence-corrected chi connectivity index (χ0v) is 25.3. The van der Waals surface area contributed by atoms with Crippen molar-refractivity contribution in [1.82, 2.24) is 0 Å². The third-order valence-corrected chi connectivity index (χ3v) is 7.25. The molecule has 0 fully saturated rings. The van der Waals surface area contributed by atoms with Crippen LogP contribution in [0.5, 0.6) is 0 Å². The van der Waals surface area contributed by atoms with E-state index in [1.807, 2.05) is 0 Å². The first-order chi connectivity index (χ1) is 18.5. The normalized spacial score (nSPS) is 11.3. The average molecular weight is 555 g/mol. The van der Waals surface area contributed by atoms with E-state index in [1.54, 1.807) is 39.0 Å². The molecule has 2 aromatic carbocycles. The van der Waals surface area contributed by atoms with Crippen LogP contribution in [0.3, 0.4) is 0 Å². The van der Waals surface area contributed by atoms with E-state index in [-0.39, 0.29) is 18.1 Å². The molecule has 0 saturated carbocycles. The molecule has 0 aliphatic rings. The van der Waals surface area contributed by atoms with E-state index in [9.17, 15) is 14.4 Å². The summed E-state index contributed by atoms with van der Waals surface area (Å²) < 4.78 is 0. The maximum absolute atomic E-state index is 12.7. The van der Waals surface area contributed by atoms with Crippen molar-refractivity contribution in [3.63, 3.8) is 0 Å². The van der Waals surface area contributed by atoms with Gasteiger partial charge in [-0.3, -0.25) is 14.4 Å². The molecular weight excluding hydrogens is 508 g/mol. The Morgan fingerprint density at radius 2 is 1.41 bits per heavy atom. The SMILES string of the molecule is CCCCCc1ccc(CCCC(=O)Nc2ccc(Cl)c(NC(=O)CC(=O)C(C)(C)C)c2)c(CCCCC)c1. The molecule has 0 spiro atoms. The van der Waals surface area contributed by atoms with E-state index in [2.05, 4.69) is 42.7 Å². The lowest BCUT2D eigenvalue weighted by atomic mass is 9.89. The number of benzene rings is 2. The molecule has 39 heavy (non-hydrogen) atoms. The van der Waals surface area contributed by atoms with Crippen LogP contribution in [-0.2, 0) is 33.6 Å². The first-order valence-electron chi connectivity index (χ1n) is 14.6. The Labute approximate surface area is 240 Å². The van der Waals surface area contributed by atoms with Crippen LogP contribution < -0.4 is 10.6 Å². The summed E-state index contributed by atoms with van der Waals surface area (Å²) >= 11 is 6.25. The van der Waals surface area contributed by atoms with Crippen LogP contribution in [0.25, 0.3) is 0 Å². The van der Waals surface area contributed by atoms with Gasteiger partial charge < -0.3 is 10.6 Å². The number of Topliss-reactive ketones (excluding diaryl/α,β-unsaturated/α-hetero) is 1. The number of carbonyl (C=O) groups excluding carboxylic acids is 3. The standard InChI is InChI=1S/C33H47ClN2O3/c1-6-8-10-13-24-17-18-25(26(21-24)14-11-9-7-2)15-12-16-31(38)35-27-19-20-28(34)29(22-27)36-32(39)23-30(37)33(3,4)5/h17-22H,6-16,23H2,1-5H3,(H,35,38)(H,36,39). The maximum Gasteiger partial charge on any atom is 0.231 e. The Balaban J connectivity index is 1.94. The molecule has 5 nitrogen and oxygen atoms in total. The summed E-state index contributed by atoms with van der Waals surface area (Å²) in [6, 6.07) is 11.9. The molecule has 0 heterocycles. The van der Waals surface area contributed by atoms with Crippen LogP contribution >= 0.6 is 11.6 Å². The topological polar surface area (TPSA) is 75.3 Å². The third-order valence-electron chi connectivity index (χ3n) is 6.92. The van der Waals surface area contributed by atoms with Crippen molar-refractivity contribution in [2.45, 2.75) is 112 Å². The third kappa shape index (κ3) is 11.9. The van der Waals surface area contributed by atoms with E-state index in [0.717, 1.165) is 25.7 Å². The number of rotatable bonds is 16. The minimum absolute atomic E-state index is 0.0822. The highest BCUT2D eigenvalue weighted by Crippen LogP contribution is 2.27. The van der Waals surface area contributed by atoms with Crippen molar-refractivity contribution in [3.8, 4) is 0 Å². The number of amides is 2. The highest BCUT2D eigenvalue weighted by Gasteiger charge is 2.24. The molecule has 0 aliphatic carbocycles. The van der Waals surface area contributed by atoms with E-state index in [1.165, 1.54) is 55.2 Å². The summed E-state index contributed by atoms with van der Waals surface area (Å²) in [4.78, 5) is 37.2. The molecule has 2 amide bonds. The van der Waals surface area contributed by atoms with Gasteiger partial charge in [0.15, 0.2) is 0 Å². The Bertz CT molecular complexity index is 1100. The van der Waals surface area contributed by atoms with Gasteiger partial charge in [0.05, 0.1) is 17.1 Å². The first kappa shape index (κ1) is 32.6. The number of ketones is 1. The number of hydrogen-bond donors (Lipinski definition) is 2. The lowest BCUT2D eigenvalue weighted by molar-refractivity contribution is -0.130. The molecule has 0 unspecified atom stereocenters. The van der Waals surface area contributed by atoms with Crippen molar-refractivity contribution in [1.29, 1.82) is 0 Å². The molecule has 0 saturated heterocycles. The molecule has 2 rings (SSSR count). The van der Waals surface area contributed by atoms with Gasteiger partial charge in [0.2, 0.25) is 11.8 Å². The molecule has 0 bridgehead atoms. The summed E-state index contributed by atoms with van der Waals surface area (Å²) in [5.74, 6) is -0.659. The fourth-order valence-electron chi connectivity index (χ4n) is 4.42. The van der Waals surface area contributed by atoms with Crippen LogP contribution in [0.4, 0.5) is 11.4 Å². The number of hydrogen-bond acceptors (Lipinski definition) is 3. The van der Waals surface area contributed by atoms with Crippen LogP contribution in [0, 0.1) is 5.41 Å². The van der Waals surface area contributed by atoms with Crippen LogP contribution in [0.15, 0.2) is 36.4 Å². The molecule has 0 atom stereocenters. The van der Waals surface area contributed by atoms with E-state index >= 15 is 0 Å². The number of nitrogens with one attached hydrogen (secondary N) is 2. The Morgan fingerprint density at radius 3 is 2.08 bits per heavy atom. The summed E-state index contributed by atoms with van der Waals surface area (Å²) in [6.45, 7) is 9.80. The summed E-state index contributed by atoms with van der Waals surface area (Å²) in [5, 5.41) is 5.95. The zero-order valence-electron chi connectivity index (χ0n) is 24.6. The second-order valence-electron chi connectivity index (χ2n) is 11.5. The van der Waals surface area contributed by atoms with Gasteiger partial charge >= 0.3 is 0 Å². The number of anilines is 2. The van der Waals surface area contributed by atoms with E-state index in [4.69, 9.17) is 11.6 Å². The molecule has 6 heteroatoms. The van der Waals surface area contributed by atoms with Gasteiger partial charge in [-0.15, -0.1) is 0 Å². The molecule has 2 aromatic rings. The molecule has 0 aromatic heterocycles. The summed E-state index contributed by atoms with van der Waals surface area (Å²) in [6.07, 6.45) is 11.4. The van der Waals surface area contributed by atoms with Gasteiger partial charge in [-0.25, -0.2) is 0 Å². The van der Waals surface area contributed by atoms with Gasteiger partial charge in [-0.1, -0.05) is 90.1 Å². The predicted molar refractivity (Wildman–Crippen MR) is 164 cm³/mol. The van der Waals surface area contributed by atoms with E-state index in [0.29, 0.717) is 22.8 Å². The van der Waals surface area contributed by atoms with Crippen LogP contribution in [-0.4, -0.2) is 17.6 Å². The van der Waals surface area contributed by atoms with Gasteiger partial charge in [-0.05, 0) is 73.4 Å². The monoisotopic (exact) mass is 554 g/mol. The molecular formula is C33H47ClN2O3. The number of carbonyl (C=O) groups is 3. The van der Waals surface area contributed by atoms with Crippen LogP contribution in [0.1, 0.15) is 109 Å². The second kappa shape index (κ2) is 16.4. The summed E-state index contributed by atoms with van der Waals surface area (Å²) in [7, 11) is 0. The zero-order chi connectivity index (χ0) is 28.8. The Morgan fingerprint density at radius 1 is 0.744 bits per heavy atom. The Kier molecular flexibility index (Phi) is 13.7. The van der Waals surface area contributed by atoms with Gasteiger partial charge in [-0.2, -0.15) is 0 Å². The van der Waals surface area contributed by atoms with Gasteiger partial charge in [0.25, 0.3) is 0 Å². The first-order valence-corrected chi connectivity index (χ1v) is 14.9. The molecule has 0 radical (unpaired) electrons. The van der Waals surface area contributed by atoms with Crippen molar-refractivity contribution >= 4 is 40.6 Å². The lowest BCUT2D eigenvalue weighted by Crippen LogP contribution is -2.26. The quantitative estimate of drug-likeness (QED) is 0.161.